The summed E-state index contributed by atoms with van der Waals surface area (Å²) in [5.41, 5.74) is 5.10. The van der Waals surface area contributed by atoms with Crippen LogP contribution in [0.1, 0.15) is 49.8 Å². The number of nitrogens with one attached hydrogen (secondary N) is 3. The zero-order chi connectivity index (χ0) is 40.0. The van der Waals surface area contributed by atoms with Crippen molar-refractivity contribution >= 4 is 52.7 Å². The fraction of sp³-hybridized carbons (Fsp3) is 0.326. The van der Waals surface area contributed by atoms with E-state index in [-0.39, 0.29) is 35.9 Å². The van der Waals surface area contributed by atoms with Gasteiger partial charge in [-0.1, -0.05) is 124 Å². The first kappa shape index (κ1) is 41.9. The van der Waals surface area contributed by atoms with Gasteiger partial charge in [-0.05, 0) is 57.6 Å². The number of carbonyl (C=O) groups excluding carboxylic acids is 5. The molecule has 13 heteroatoms. The van der Waals surface area contributed by atoms with Crippen LogP contribution in [0.15, 0.2) is 114 Å². The molecule has 294 valence electrons. The molecule has 0 unspecified atom stereocenters. The number of hydrogen-bond donors (Lipinski definition) is 3. The van der Waals surface area contributed by atoms with E-state index < -0.39 is 47.4 Å². The molecule has 3 amide bonds. The van der Waals surface area contributed by atoms with Gasteiger partial charge in [-0.25, -0.2) is 14.4 Å². The third-order valence-electron chi connectivity index (χ3n) is 9.61. The van der Waals surface area contributed by atoms with Crippen molar-refractivity contribution in [3.63, 3.8) is 0 Å². The maximum atomic E-state index is 14.0. The zero-order valence-electron chi connectivity index (χ0n) is 31.8. The van der Waals surface area contributed by atoms with Crippen LogP contribution in [0.2, 0.25) is 0 Å². The van der Waals surface area contributed by atoms with E-state index in [2.05, 4.69) is 28.1 Å². The van der Waals surface area contributed by atoms with Crippen LogP contribution in [0.4, 0.5) is 9.59 Å². The molecule has 4 aromatic carbocycles. The van der Waals surface area contributed by atoms with E-state index in [9.17, 15) is 24.0 Å². The number of methoxy groups -OCH3 is 1. The topological polar surface area (TPSA) is 149 Å². The van der Waals surface area contributed by atoms with E-state index >= 15 is 0 Å². The third-order valence-corrected chi connectivity index (χ3v) is 11.9. The molecule has 0 bridgehead atoms. The number of amides is 3. The van der Waals surface area contributed by atoms with Gasteiger partial charge in [0.05, 0.1) is 7.11 Å². The quantitative estimate of drug-likeness (QED) is 0.0563. The summed E-state index contributed by atoms with van der Waals surface area (Å²) in [5, 5.41) is 7.26. The minimum atomic E-state index is -1.12. The number of carbonyl (C=O) groups is 5. The number of benzene rings is 4. The predicted molar refractivity (Wildman–Crippen MR) is 218 cm³/mol. The predicted octanol–water partition coefficient (Wildman–Crippen LogP) is 7.33. The Kier molecular flexibility index (Phi) is 15.4. The molecular formula is C43H47N3O8S2. The summed E-state index contributed by atoms with van der Waals surface area (Å²) in [6.45, 7) is 5.53. The minimum Gasteiger partial charge on any atom is -0.467 e. The van der Waals surface area contributed by atoms with Crippen LogP contribution in [-0.2, 0) is 35.2 Å². The van der Waals surface area contributed by atoms with Crippen molar-refractivity contribution in [2.24, 2.45) is 5.92 Å². The maximum absolute atomic E-state index is 14.0. The number of rotatable bonds is 17. The van der Waals surface area contributed by atoms with Gasteiger partial charge in [-0.15, -0.1) is 0 Å². The molecule has 0 aromatic heterocycles. The van der Waals surface area contributed by atoms with Gasteiger partial charge in [0.25, 0.3) is 0 Å². The Hall–Kier alpha value is -5.27. The van der Waals surface area contributed by atoms with Gasteiger partial charge in [-0.2, -0.15) is 11.8 Å². The summed E-state index contributed by atoms with van der Waals surface area (Å²) in [4.78, 5) is 67.4. The molecule has 1 aliphatic carbocycles. The molecule has 4 aromatic rings. The van der Waals surface area contributed by atoms with Gasteiger partial charge < -0.3 is 30.2 Å². The summed E-state index contributed by atoms with van der Waals surface area (Å²) < 4.78 is 16.1. The largest absolute Gasteiger partial charge is 0.467 e. The van der Waals surface area contributed by atoms with Crippen LogP contribution >= 0.6 is 23.5 Å². The molecule has 0 saturated carbocycles. The molecule has 5 rings (SSSR count). The lowest BCUT2D eigenvalue weighted by Crippen LogP contribution is -2.54. The Morgan fingerprint density at radius 2 is 1.25 bits per heavy atom. The van der Waals surface area contributed by atoms with Gasteiger partial charge in [0.15, 0.2) is 0 Å². The van der Waals surface area contributed by atoms with Gasteiger partial charge >= 0.3 is 18.2 Å². The number of hydrogen-bond acceptors (Lipinski definition) is 10. The average Bonchev–Trinajstić information content (AvgIpc) is 3.55. The molecule has 5 atom stereocenters. The first-order valence-electron chi connectivity index (χ1n) is 18.4. The second-order valence-electron chi connectivity index (χ2n) is 13.4. The second kappa shape index (κ2) is 20.6. The van der Waals surface area contributed by atoms with Crippen LogP contribution < -0.4 is 16.0 Å². The molecule has 11 nitrogen and oxygen atoms in total. The lowest BCUT2D eigenvalue weighted by molar-refractivity contribution is -0.142. The fourth-order valence-corrected chi connectivity index (χ4v) is 8.32. The van der Waals surface area contributed by atoms with E-state index in [0.29, 0.717) is 11.3 Å². The number of alkyl carbamates (subject to hydrolysis) is 2. The highest BCUT2D eigenvalue weighted by molar-refractivity contribution is 8.14. The van der Waals surface area contributed by atoms with Gasteiger partial charge in [0, 0.05) is 21.8 Å². The molecule has 0 aliphatic heterocycles. The first-order valence-corrected chi connectivity index (χ1v) is 20.3. The van der Waals surface area contributed by atoms with Gasteiger partial charge in [0.1, 0.15) is 31.3 Å². The molecule has 0 radical (unpaired) electrons. The van der Waals surface area contributed by atoms with Crippen LogP contribution in [0.5, 0.6) is 0 Å². The number of esters is 1. The Labute approximate surface area is 336 Å². The molecule has 0 fully saturated rings. The summed E-state index contributed by atoms with van der Waals surface area (Å²) in [5.74, 6) is -1.68. The lowest BCUT2D eigenvalue weighted by Gasteiger charge is -2.27. The molecular weight excluding hydrogens is 751 g/mol. The lowest BCUT2D eigenvalue weighted by atomic mass is 9.98. The monoisotopic (exact) mass is 797 g/mol. The summed E-state index contributed by atoms with van der Waals surface area (Å²) in [6.07, 6.45) is -1.01. The van der Waals surface area contributed by atoms with Crippen LogP contribution in [0, 0.1) is 5.92 Å². The van der Waals surface area contributed by atoms with Crippen molar-refractivity contribution in [2.75, 3.05) is 19.5 Å². The number of fused-ring (bicyclic) bond motifs is 3. The van der Waals surface area contributed by atoms with Crippen LogP contribution in [0.3, 0.4) is 0 Å². The van der Waals surface area contributed by atoms with E-state index in [1.54, 1.807) is 31.2 Å². The van der Waals surface area contributed by atoms with Crippen molar-refractivity contribution in [3.05, 3.63) is 126 Å². The SMILES string of the molecule is CC[C@H](C)[C@H](NC(=O)OCC1c2ccccc2-c2ccccc21)C(=O)N[C@H](CS[C@@H](C)[C@H](NC(=O)OCc1ccccc1)C(=O)OC)C(=O)Sc1ccccc1. The van der Waals surface area contributed by atoms with E-state index in [1.807, 2.05) is 86.6 Å². The van der Waals surface area contributed by atoms with E-state index in [1.165, 1.54) is 18.9 Å². The number of ether oxygens (including phenoxy) is 3. The Morgan fingerprint density at radius 1 is 0.696 bits per heavy atom. The van der Waals surface area contributed by atoms with Crippen LogP contribution in [0.25, 0.3) is 11.1 Å². The molecule has 0 heterocycles. The van der Waals surface area contributed by atoms with Crippen molar-refractivity contribution in [1.82, 2.24) is 16.0 Å². The van der Waals surface area contributed by atoms with Crippen molar-refractivity contribution in [2.45, 2.75) is 68.0 Å². The summed E-state index contributed by atoms with van der Waals surface area (Å²) >= 11 is 2.16. The van der Waals surface area contributed by atoms with Gasteiger partial charge in [0.2, 0.25) is 11.0 Å². The van der Waals surface area contributed by atoms with E-state index in [4.69, 9.17) is 14.2 Å². The average molecular weight is 798 g/mol. The number of thioether (sulfide) groups is 2. The summed E-state index contributed by atoms with van der Waals surface area (Å²) in [7, 11) is 1.21. The van der Waals surface area contributed by atoms with E-state index in [0.717, 1.165) is 39.6 Å². The second-order valence-corrected chi connectivity index (χ2v) is 15.9. The van der Waals surface area contributed by atoms with Gasteiger partial charge in [-0.3, -0.25) is 9.59 Å². The Morgan fingerprint density at radius 3 is 1.86 bits per heavy atom. The summed E-state index contributed by atoms with van der Waals surface area (Å²) in [6, 6.07) is 31.0. The van der Waals surface area contributed by atoms with Crippen molar-refractivity contribution in [3.8, 4) is 11.1 Å². The molecule has 0 spiro atoms. The standard InChI is InChI=1S/C43H47N3O8S2/c1-5-27(2)37(45-42(50)54-25-35-33-22-14-12-20-31(33)32-21-13-15-23-34(32)35)39(47)44-36(41(49)56-30-18-10-7-11-19-30)26-55-28(3)38(40(48)52-4)46-43(51)53-24-29-16-8-6-9-17-29/h6-23,27-28,35-38H,5,24-26H2,1-4H3,(H,44,47)(H,45,50)(H,46,51)/t27-,28-,36+,37-,38-/m0/s1. The fourth-order valence-electron chi connectivity index (χ4n) is 6.31. The van der Waals surface area contributed by atoms with Crippen molar-refractivity contribution in [1.29, 1.82) is 0 Å². The first-order chi connectivity index (χ1) is 27.1. The third kappa shape index (κ3) is 11.2. The van der Waals surface area contributed by atoms with Crippen LogP contribution in [-0.4, -0.2) is 72.0 Å². The smallest absolute Gasteiger partial charge is 0.408 e. The normalized spacial score (nSPS) is 14.4. The van der Waals surface area contributed by atoms with Crippen molar-refractivity contribution < 1.29 is 38.2 Å². The highest BCUT2D eigenvalue weighted by Gasteiger charge is 2.35. The Bertz CT molecular complexity index is 1920. The highest BCUT2D eigenvalue weighted by Crippen LogP contribution is 2.44. The minimum absolute atomic E-state index is 0.00281. The molecule has 56 heavy (non-hydrogen) atoms. The highest BCUT2D eigenvalue weighted by atomic mass is 32.2. The Balaban J connectivity index is 1.25. The molecule has 0 saturated heterocycles. The molecule has 3 N–H and O–H groups in total. The molecule has 1 aliphatic rings. The maximum Gasteiger partial charge on any atom is 0.408 e. The zero-order valence-corrected chi connectivity index (χ0v) is 33.4.